The summed E-state index contributed by atoms with van der Waals surface area (Å²) >= 11 is 0. The third-order valence-electron chi connectivity index (χ3n) is 4.59. The molecule has 138 valence electrons. The number of nitrogens with zero attached hydrogens (tertiary/aromatic N) is 1. The van der Waals surface area contributed by atoms with Gasteiger partial charge in [-0.2, -0.15) is 0 Å². The topological polar surface area (TPSA) is 84.4 Å². The van der Waals surface area contributed by atoms with E-state index in [0.717, 1.165) is 22.6 Å². The van der Waals surface area contributed by atoms with Crippen LogP contribution in [-0.2, 0) is 11.2 Å². The fraction of sp³-hybridized carbons (Fsp3) is 0.238. The van der Waals surface area contributed by atoms with Gasteiger partial charge in [-0.25, -0.2) is 4.98 Å². The van der Waals surface area contributed by atoms with Crippen LogP contribution >= 0.6 is 0 Å². The van der Waals surface area contributed by atoms with E-state index in [4.69, 9.17) is 14.6 Å². The number of ether oxygens (including phenoxy) is 2. The first-order chi connectivity index (χ1) is 13.2. The highest BCUT2D eigenvalue weighted by molar-refractivity contribution is 5.68. The summed E-state index contributed by atoms with van der Waals surface area (Å²) in [7, 11) is 0. The van der Waals surface area contributed by atoms with Crippen molar-refractivity contribution in [3.05, 3.63) is 66.0 Å². The number of H-pyrrole nitrogens is 1. The van der Waals surface area contributed by atoms with Gasteiger partial charge in [-0.3, -0.25) is 4.79 Å². The van der Waals surface area contributed by atoms with Crippen LogP contribution in [0.3, 0.4) is 0 Å². The molecule has 2 heterocycles. The van der Waals surface area contributed by atoms with Crippen molar-refractivity contribution in [2.75, 3.05) is 13.2 Å². The Morgan fingerprint density at radius 3 is 2.93 bits per heavy atom. The van der Waals surface area contributed by atoms with Crippen molar-refractivity contribution in [2.24, 2.45) is 0 Å². The predicted octanol–water partition coefficient (Wildman–Crippen LogP) is 3.65. The summed E-state index contributed by atoms with van der Waals surface area (Å²) in [6.07, 6.45) is 2.66. The number of aromatic amines is 1. The lowest BCUT2D eigenvalue weighted by Crippen LogP contribution is -2.07. The zero-order chi connectivity index (χ0) is 18.6. The minimum absolute atomic E-state index is 0.0795. The Kier molecular flexibility index (Phi) is 4.78. The molecular formula is C21H20N2O4. The Morgan fingerprint density at radius 2 is 2.11 bits per heavy atom. The van der Waals surface area contributed by atoms with Crippen LogP contribution in [0.1, 0.15) is 23.6 Å². The minimum atomic E-state index is -0.814. The number of rotatable bonds is 7. The molecule has 0 bridgehead atoms. The molecule has 0 saturated carbocycles. The molecule has 0 aliphatic carbocycles. The molecule has 1 aliphatic heterocycles. The van der Waals surface area contributed by atoms with Gasteiger partial charge < -0.3 is 19.6 Å². The van der Waals surface area contributed by atoms with Crippen LogP contribution in [0.4, 0.5) is 0 Å². The number of fused-ring (bicyclic) bond motifs is 1. The standard InChI is InChI=1S/C21H20N2O4/c24-20(25)10-15-13-27-19-11-17(6-7-18(15)19)26-9-8-16-12-22-21(23-16)14-4-2-1-3-5-14/h1-7,11-12,15H,8-10,13H2,(H,22,23)(H,24,25). The fourth-order valence-electron chi connectivity index (χ4n) is 3.23. The zero-order valence-corrected chi connectivity index (χ0v) is 14.7. The van der Waals surface area contributed by atoms with E-state index in [2.05, 4.69) is 9.97 Å². The van der Waals surface area contributed by atoms with Gasteiger partial charge in [0.05, 0.1) is 25.3 Å². The second-order valence-corrected chi connectivity index (χ2v) is 6.51. The molecule has 6 heteroatoms. The molecule has 4 rings (SSSR count). The number of carbonyl (C=O) groups is 1. The van der Waals surface area contributed by atoms with E-state index in [1.165, 1.54) is 0 Å². The Labute approximate surface area is 156 Å². The van der Waals surface area contributed by atoms with Crippen molar-refractivity contribution in [1.29, 1.82) is 0 Å². The average Bonchev–Trinajstić information content (AvgIpc) is 3.29. The van der Waals surface area contributed by atoms with Crippen LogP contribution in [0, 0.1) is 0 Å². The first-order valence-electron chi connectivity index (χ1n) is 8.90. The van der Waals surface area contributed by atoms with Crippen molar-refractivity contribution in [1.82, 2.24) is 9.97 Å². The molecule has 27 heavy (non-hydrogen) atoms. The highest BCUT2D eigenvalue weighted by Crippen LogP contribution is 2.38. The van der Waals surface area contributed by atoms with Gasteiger partial charge in [-0.15, -0.1) is 0 Å². The summed E-state index contributed by atoms with van der Waals surface area (Å²) in [5.74, 6) is 1.37. The van der Waals surface area contributed by atoms with Gasteiger partial charge in [0, 0.05) is 35.7 Å². The number of aromatic nitrogens is 2. The lowest BCUT2D eigenvalue weighted by atomic mass is 9.98. The largest absolute Gasteiger partial charge is 0.493 e. The monoisotopic (exact) mass is 364 g/mol. The van der Waals surface area contributed by atoms with E-state index < -0.39 is 5.97 Å². The molecule has 2 N–H and O–H groups in total. The lowest BCUT2D eigenvalue weighted by molar-refractivity contribution is -0.137. The molecule has 1 atom stereocenters. The Hall–Kier alpha value is -3.28. The van der Waals surface area contributed by atoms with Crippen LogP contribution in [0.2, 0.25) is 0 Å². The van der Waals surface area contributed by atoms with E-state index in [9.17, 15) is 4.79 Å². The minimum Gasteiger partial charge on any atom is -0.493 e. The average molecular weight is 364 g/mol. The van der Waals surface area contributed by atoms with Crippen molar-refractivity contribution in [3.8, 4) is 22.9 Å². The second-order valence-electron chi connectivity index (χ2n) is 6.51. The van der Waals surface area contributed by atoms with Crippen molar-refractivity contribution in [2.45, 2.75) is 18.8 Å². The molecule has 0 amide bonds. The molecule has 0 radical (unpaired) electrons. The molecule has 1 aromatic heterocycles. The highest BCUT2D eigenvalue weighted by Gasteiger charge is 2.26. The maximum atomic E-state index is 10.9. The summed E-state index contributed by atoms with van der Waals surface area (Å²) < 4.78 is 11.4. The Bertz CT molecular complexity index is 936. The number of nitrogens with one attached hydrogen (secondary N) is 1. The first-order valence-corrected chi connectivity index (χ1v) is 8.90. The van der Waals surface area contributed by atoms with Crippen molar-refractivity contribution < 1.29 is 19.4 Å². The third-order valence-corrected chi connectivity index (χ3v) is 4.59. The number of hydrogen-bond donors (Lipinski definition) is 2. The molecule has 1 unspecified atom stereocenters. The molecule has 0 fully saturated rings. The zero-order valence-electron chi connectivity index (χ0n) is 14.7. The smallest absolute Gasteiger partial charge is 0.304 e. The fourth-order valence-corrected chi connectivity index (χ4v) is 3.23. The molecule has 0 saturated heterocycles. The second kappa shape index (κ2) is 7.53. The number of aliphatic carboxylic acids is 1. The van der Waals surface area contributed by atoms with Gasteiger partial charge in [-0.05, 0) is 6.07 Å². The van der Waals surface area contributed by atoms with Gasteiger partial charge >= 0.3 is 5.97 Å². The molecule has 3 aromatic rings. The van der Waals surface area contributed by atoms with Crippen LogP contribution in [0.5, 0.6) is 11.5 Å². The van der Waals surface area contributed by atoms with Crippen LogP contribution < -0.4 is 9.47 Å². The molecular weight excluding hydrogens is 344 g/mol. The molecule has 2 aromatic carbocycles. The van der Waals surface area contributed by atoms with E-state index in [0.29, 0.717) is 31.1 Å². The summed E-state index contributed by atoms with van der Waals surface area (Å²) in [5, 5.41) is 8.96. The van der Waals surface area contributed by atoms with Crippen LogP contribution in [-0.4, -0.2) is 34.3 Å². The van der Waals surface area contributed by atoms with Gasteiger partial charge in [0.2, 0.25) is 0 Å². The maximum Gasteiger partial charge on any atom is 0.304 e. The molecule has 0 spiro atoms. The van der Waals surface area contributed by atoms with E-state index in [-0.39, 0.29) is 12.3 Å². The quantitative estimate of drug-likeness (QED) is 0.668. The van der Waals surface area contributed by atoms with E-state index in [1.807, 2.05) is 54.7 Å². The van der Waals surface area contributed by atoms with Gasteiger partial charge in [0.15, 0.2) is 0 Å². The lowest BCUT2D eigenvalue weighted by Gasteiger charge is -2.08. The normalized spacial score (nSPS) is 15.2. The highest BCUT2D eigenvalue weighted by atomic mass is 16.5. The van der Waals surface area contributed by atoms with Crippen molar-refractivity contribution >= 4 is 5.97 Å². The summed E-state index contributed by atoms with van der Waals surface area (Å²) in [6.45, 7) is 0.900. The molecule has 1 aliphatic rings. The Balaban J connectivity index is 1.34. The van der Waals surface area contributed by atoms with Crippen molar-refractivity contribution in [3.63, 3.8) is 0 Å². The van der Waals surface area contributed by atoms with Gasteiger partial charge in [0.25, 0.3) is 0 Å². The Morgan fingerprint density at radius 1 is 1.26 bits per heavy atom. The van der Waals surface area contributed by atoms with E-state index in [1.54, 1.807) is 0 Å². The number of benzene rings is 2. The van der Waals surface area contributed by atoms with Gasteiger partial charge in [0.1, 0.15) is 17.3 Å². The van der Waals surface area contributed by atoms with Gasteiger partial charge in [-0.1, -0.05) is 36.4 Å². The number of imidazole rings is 1. The summed E-state index contributed by atoms with van der Waals surface area (Å²) in [6, 6.07) is 15.6. The summed E-state index contributed by atoms with van der Waals surface area (Å²) in [5.41, 5.74) is 2.92. The first kappa shape index (κ1) is 17.1. The SMILES string of the molecule is O=C(O)CC1COc2cc(OCCc3c[nH]c(-c4ccccc4)n3)ccc21. The maximum absolute atomic E-state index is 10.9. The summed E-state index contributed by atoms with van der Waals surface area (Å²) in [4.78, 5) is 18.7. The predicted molar refractivity (Wildman–Crippen MR) is 100 cm³/mol. The third kappa shape index (κ3) is 3.95. The molecule has 6 nitrogen and oxygen atoms in total. The number of hydrogen-bond acceptors (Lipinski definition) is 4. The number of carboxylic acid groups (broad SMARTS) is 1. The number of carboxylic acids is 1. The van der Waals surface area contributed by atoms with Crippen LogP contribution in [0.25, 0.3) is 11.4 Å². The van der Waals surface area contributed by atoms with E-state index >= 15 is 0 Å². The van der Waals surface area contributed by atoms with Crippen LogP contribution in [0.15, 0.2) is 54.7 Å².